The fourth-order valence-corrected chi connectivity index (χ4v) is 8.72. The molecule has 3 N–H and O–H groups in total. The van der Waals surface area contributed by atoms with Crippen LogP contribution in [-0.4, -0.2) is 51.5 Å². The van der Waals surface area contributed by atoms with Gasteiger partial charge in [0.2, 0.25) is 0 Å². The molecule has 0 aliphatic heterocycles. The highest BCUT2D eigenvalue weighted by Gasteiger charge is 2.76. The molecule has 2 saturated carbocycles. The molecule has 0 amide bonds. The molecule has 0 saturated heterocycles. The van der Waals surface area contributed by atoms with Gasteiger partial charge in [-0.25, -0.2) is 0 Å². The van der Waals surface area contributed by atoms with Gasteiger partial charge in [0.15, 0.2) is 17.5 Å². The molecule has 40 heavy (non-hydrogen) atoms. The van der Waals surface area contributed by atoms with Gasteiger partial charge in [-0.3, -0.25) is 9.59 Å². The molecule has 4 aliphatic rings. The van der Waals surface area contributed by atoms with Crippen LogP contribution in [0.25, 0.3) is 0 Å². The number of carbonyl (C=O) groups is 2. The molecule has 0 aromatic rings. The molecule has 4 aliphatic carbocycles. The Morgan fingerprint density at radius 3 is 2.17 bits per heavy atom. The molecule has 1 spiro atoms. The molecule has 0 aromatic carbocycles. The summed E-state index contributed by atoms with van der Waals surface area (Å²) in [4.78, 5) is 27.4. The molecule has 2 fully saturated rings. The van der Waals surface area contributed by atoms with Crippen molar-refractivity contribution in [3.63, 3.8) is 0 Å². The molecule has 0 radical (unpaired) electrons. The minimum atomic E-state index is -2.05. The van der Waals surface area contributed by atoms with Crippen molar-refractivity contribution in [2.45, 2.75) is 136 Å². The summed E-state index contributed by atoms with van der Waals surface area (Å²) < 4.78 is 5.93. The lowest BCUT2D eigenvalue weighted by Gasteiger charge is -2.48. The summed E-state index contributed by atoms with van der Waals surface area (Å²) >= 11 is 0. The van der Waals surface area contributed by atoms with Gasteiger partial charge in [0, 0.05) is 12.3 Å². The lowest BCUT2D eigenvalue weighted by Crippen LogP contribution is -2.65. The van der Waals surface area contributed by atoms with Crippen LogP contribution in [-0.2, 0) is 14.3 Å². The Kier molecular flexibility index (Phi) is 9.74. The van der Waals surface area contributed by atoms with Crippen molar-refractivity contribution in [2.24, 2.45) is 34.5 Å². The Balaban J connectivity index is 1.40. The zero-order valence-corrected chi connectivity index (χ0v) is 25.6. The maximum absolute atomic E-state index is 14.4. The van der Waals surface area contributed by atoms with E-state index < -0.39 is 41.7 Å². The maximum atomic E-state index is 14.4. The standard InChI is InChI=1S/C34H54O6/c1-6-7-8-9-10-11-12-13-14-15-16-17-27(36)40-31-22(2)20-33-23(3)18-26-28(32(26,4)5)25(30(33)38)19-24(21-35)29(37)34(31,33)39/h19-20,23,25-26,28-29,31,35,37,39H,6-18,21H2,1-5H3/t23-,25?,26-,28+,29-,31+,33?,34+/m1/s1. The van der Waals surface area contributed by atoms with E-state index in [9.17, 15) is 24.9 Å². The van der Waals surface area contributed by atoms with Gasteiger partial charge in [-0.2, -0.15) is 0 Å². The normalized spacial score (nSPS) is 37.5. The van der Waals surface area contributed by atoms with Crippen molar-refractivity contribution in [2.75, 3.05) is 6.61 Å². The molecule has 0 aromatic heterocycles. The van der Waals surface area contributed by atoms with E-state index in [1.54, 1.807) is 19.1 Å². The Morgan fingerprint density at radius 2 is 1.60 bits per heavy atom. The van der Waals surface area contributed by atoms with Crippen LogP contribution in [0.2, 0.25) is 0 Å². The zero-order valence-electron chi connectivity index (χ0n) is 25.6. The SMILES string of the molecule is CCCCCCCCCCCCCC(=O)O[C@H]1C(C)=CC23C(=O)C(C=C(CO)[C@@H](O)[C@]12O)[C@H]1[C@@H](C[C@H]3C)C1(C)C. The van der Waals surface area contributed by atoms with Crippen LogP contribution in [0.1, 0.15) is 118 Å². The Bertz CT molecular complexity index is 996. The first-order valence-electron chi connectivity index (χ1n) is 16.1. The molecular formula is C34H54O6. The van der Waals surface area contributed by atoms with E-state index in [1.807, 2.05) is 6.92 Å². The number of carbonyl (C=O) groups excluding carboxylic acids is 2. The third-order valence-corrected chi connectivity index (χ3v) is 11.1. The fraction of sp³-hybridized carbons (Fsp3) is 0.824. The van der Waals surface area contributed by atoms with Crippen molar-refractivity contribution in [3.8, 4) is 0 Å². The summed E-state index contributed by atoms with van der Waals surface area (Å²) in [5.74, 6) is -0.857. The van der Waals surface area contributed by atoms with Crippen molar-refractivity contribution in [3.05, 3.63) is 23.3 Å². The van der Waals surface area contributed by atoms with Crippen LogP contribution in [0.5, 0.6) is 0 Å². The number of allylic oxidation sites excluding steroid dienone is 1. The number of hydrogen-bond acceptors (Lipinski definition) is 6. The minimum absolute atomic E-state index is 0.0153. The Hall–Kier alpha value is -1.50. The van der Waals surface area contributed by atoms with Crippen molar-refractivity contribution in [1.82, 2.24) is 0 Å². The van der Waals surface area contributed by atoms with Crippen molar-refractivity contribution < 1.29 is 29.6 Å². The number of esters is 1. The lowest BCUT2D eigenvalue weighted by molar-refractivity contribution is -0.203. The van der Waals surface area contributed by atoms with Crippen molar-refractivity contribution >= 4 is 11.8 Å². The highest BCUT2D eigenvalue weighted by Crippen LogP contribution is 2.71. The Labute approximate surface area is 241 Å². The van der Waals surface area contributed by atoms with E-state index in [2.05, 4.69) is 20.8 Å². The van der Waals surface area contributed by atoms with Gasteiger partial charge in [0.1, 0.15) is 6.10 Å². The van der Waals surface area contributed by atoms with E-state index >= 15 is 0 Å². The molecule has 2 bridgehead atoms. The van der Waals surface area contributed by atoms with E-state index in [-0.39, 0.29) is 35.0 Å². The van der Waals surface area contributed by atoms with Crippen LogP contribution in [0.15, 0.2) is 23.3 Å². The molecule has 2 unspecified atom stereocenters. The molecule has 0 heterocycles. The van der Waals surface area contributed by atoms with Crippen LogP contribution in [0.3, 0.4) is 0 Å². The second kappa shape index (κ2) is 12.4. The summed E-state index contributed by atoms with van der Waals surface area (Å²) in [7, 11) is 0. The van der Waals surface area contributed by atoms with E-state index in [4.69, 9.17) is 4.74 Å². The second-order valence-electron chi connectivity index (χ2n) is 14.0. The molecule has 226 valence electrons. The van der Waals surface area contributed by atoms with E-state index in [1.165, 1.54) is 51.4 Å². The van der Waals surface area contributed by atoms with E-state index in [0.29, 0.717) is 17.9 Å². The lowest BCUT2D eigenvalue weighted by atomic mass is 9.59. The Morgan fingerprint density at radius 1 is 1.02 bits per heavy atom. The van der Waals surface area contributed by atoms with Gasteiger partial charge in [-0.05, 0) is 54.1 Å². The zero-order chi connectivity index (χ0) is 29.3. The first kappa shape index (κ1) is 31.4. The number of ketones is 1. The van der Waals surface area contributed by atoms with Gasteiger partial charge < -0.3 is 20.1 Å². The number of ether oxygens (including phenoxy) is 1. The highest BCUT2D eigenvalue weighted by molar-refractivity contribution is 5.95. The summed E-state index contributed by atoms with van der Waals surface area (Å²) in [6.45, 7) is 9.88. The molecule has 6 nitrogen and oxygen atoms in total. The molecule has 6 heteroatoms. The summed E-state index contributed by atoms with van der Waals surface area (Å²) in [5, 5.41) is 34.3. The number of hydrogen-bond donors (Lipinski definition) is 3. The van der Waals surface area contributed by atoms with Gasteiger partial charge in [0.05, 0.1) is 12.0 Å². The van der Waals surface area contributed by atoms with Crippen LogP contribution >= 0.6 is 0 Å². The van der Waals surface area contributed by atoms with Crippen molar-refractivity contribution in [1.29, 1.82) is 0 Å². The fourth-order valence-electron chi connectivity index (χ4n) is 8.72. The van der Waals surface area contributed by atoms with Gasteiger partial charge >= 0.3 is 5.97 Å². The van der Waals surface area contributed by atoms with Crippen LogP contribution in [0, 0.1) is 34.5 Å². The topological polar surface area (TPSA) is 104 Å². The quantitative estimate of drug-likeness (QED) is 0.136. The maximum Gasteiger partial charge on any atom is 0.306 e. The van der Waals surface area contributed by atoms with Crippen LogP contribution < -0.4 is 0 Å². The average Bonchev–Trinajstić information content (AvgIpc) is 3.40. The van der Waals surface area contributed by atoms with Gasteiger partial charge in [0.25, 0.3) is 0 Å². The number of aliphatic hydroxyl groups excluding tert-OH is 2. The van der Waals surface area contributed by atoms with Gasteiger partial charge in [-0.15, -0.1) is 0 Å². The highest BCUT2D eigenvalue weighted by atomic mass is 16.6. The van der Waals surface area contributed by atoms with E-state index in [0.717, 1.165) is 19.3 Å². The molecular weight excluding hydrogens is 504 g/mol. The number of unbranched alkanes of at least 4 members (excludes halogenated alkanes) is 10. The molecule has 8 atom stereocenters. The smallest absolute Gasteiger partial charge is 0.306 e. The first-order chi connectivity index (χ1) is 19.0. The summed E-state index contributed by atoms with van der Waals surface area (Å²) in [6.07, 6.45) is 14.9. The average molecular weight is 559 g/mol. The summed E-state index contributed by atoms with van der Waals surface area (Å²) in [6, 6.07) is 0. The first-order valence-corrected chi connectivity index (χ1v) is 16.1. The van der Waals surface area contributed by atoms with Crippen LogP contribution in [0.4, 0.5) is 0 Å². The molecule has 4 rings (SSSR count). The summed E-state index contributed by atoms with van der Waals surface area (Å²) in [5.41, 5.74) is -2.60. The monoisotopic (exact) mass is 558 g/mol. The second-order valence-corrected chi connectivity index (χ2v) is 14.0. The number of rotatable bonds is 14. The third kappa shape index (κ3) is 5.26. The minimum Gasteiger partial charge on any atom is -0.455 e. The predicted octanol–water partition coefficient (Wildman–Crippen LogP) is 6.07. The number of Topliss-reactive ketones (excluding diaryl/α,β-unsaturated/α-hetero) is 1. The largest absolute Gasteiger partial charge is 0.455 e. The number of fused-ring (bicyclic) bond motifs is 3. The van der Waals surface area contributed by atoms with Gasteiger partial charge in [-0.1, -0.05) is 104 Å². The predicted molar refractivity (Wildman–Crippen MR) is 156 cm³/mol. The number of aliphatic hydroxyl groups is 3. The third-order valence-electron chi connectivity index (χ3n) is 11.1.